The van der Waals surface area contributed by atoms with Crippen LogP contribution in [0.15, 0.2) is 65.6 Å². The Labute approximate surface area is 143 Å². The molecule has 3 N–H and O–H groups in total. The molecule has 0 aliphatic rings. The molecule has 2 aromatic carbocycles. The molecule has 0 saturated carbocycles. The third-order valence-electron chi connectivity index (χ3n) is 3.34. The summed E-state index contributed by atoms with van der Waals surface area (Å²) in [5.41, 5.74) is 3.00. The van der Waals surface area contributed by atoms with Crippen LogP contribution < -0.4 is 15.2 Å². The van der Waals surface area contributed by atoms with Gasteiger partial charge in [-0.3, -0.25) is 0 Å². The van der Waals surface area contributed by atoms with E-state index in [1.807, 2.05) is 31.2 Å². The quantitative estimate of drug-likeness (QED) is 0.720. The maximum absolute atomic E-state index is 11.2. The lowest BCUT2D eigenvalue weighted by Crippen LogP contribution is -2.15. The van der Waals surface area contributed by atoms with Crippen LogP contribution in [0.3, 0.4) is 0 Å². The number of nitrogens with one attached hydrogen (secondary N) is 1. The Morgan fingerprint density at radius 3 is 2.42 bits per heavy atom. The van der Waals surface area contributed by atoms with E-state index in [0.29, 0.717) is 19.7 Å². The van der Waals surface area contributed by atoms with Gasteiger partial charge in [0, 0.05) is 18.7 Å². The van der Waals surface area contributed by atoms with Crippen molar-refractivity contribution >= 4 is 10.0 Å². The minimum Gasteiger partial charge on any atom is -0.489 e. The Bertz CT molecular complexity index is 799. The predicted octanol–water partition coefficient (Wildman–Crippen LogP) is 2.58. The topological polar surface area (TPSA) is 81.4 Å². The van der Waals surface area contributed by atoms with Crippen LogP contribution in [0.5, 0.6) is 5.75 Å². The van der Waals surface area contributed by atoms with E-state index in [4.69, 9.17) is 9.88 Å². The molecular formula is C18H22N2O3S. The molecule has 0 spiro atoms. The fourth-order valence-electron chi connectivity index (χ4n) is 2.13. The van der Waals surface area contributed by atoms with E-state index < -0.39 is 10.0 Å². The molecule has 0 bridgehead atoms. The van der Waals surface area contributed by atoms with Crippen LogP contribution in [0.4, 0.5) is 0 Å². The van der Waals surface area contributed by atoms with Gasteiger partial charge in [0.25, 0.3) is 0 Å². The Hall–Kier alpha value is -2.15. The van der Waals surface area contributed by atoms with Crippen molar-refractivity contribution in [3.8, 4) is 5.75 Å². The van der Waals surface area contributed by atoms with E-state index in [9.17, 15) is 8.42 Å². The molecule has 0 fully saturated rings. The highest BCUT2D eigenvalue weighted by molar-refractivity contribution is 7.89. The van der Waals surface area contributed by atoms with Gasteiger partial charge in [-0.2, -0.15) is 0 Å². The van der Waals surface area contributed by atoms with Crippen LogP contribution in [0.25, 0.3) is 0 Å². The Kier molecular flexibility index (Phi) is 6.14. The monoisotopic (exact) mass is 346 g/mol. The summed E-state index contributed by atoms with van der Waals surface area (Å²) in [5, 5.41) is 8.41. The highest BCUT2D eigenvalue weighted by Crippen LogP contribution is 2.18. The van der Waals surface area contributed by atoms with Gasteiger partial charge in [-0.15, -0.1) is 0 Å². The smallest absolute Gasteiger partial charge is 0.238 e. The van der Waals surface area contributed by atoms with Gasteiger partial charge < -0.3 is 10.1 Å². The maximum Gasteiger partial charge on any atom is 0.238 e. The largest absolute Gasteiger partial charge is 0.489 e. The molecule has 0 atom stereocenters. The summed E-state index contributed by atoms with van der Waals surface area (Å²) in [4.78, 5) is 0.116. The Morgan fingerprint density at radius 2 is 1.79 bits per heavy atom. The molecule has 0 amide bonds. The van der Waals surface area contributed by atoms with Crippen molar-refractivity contribution in [3.63, 3.8) is 0 Å². The summed E-state index contributed by atoms with van der Waals surface area (Å²) in [6.45, 7) is 7.50. The van der Waals surface area contributed by atoms with E-state index in [2.05, 4.69) is 11.9 Å². The lowest BCUT2D eigenvalue weighted by Gasteiger charge is -2.12. The first-order valence-electron chi connectivity index (χ1n) is 7.54. The van der Waals surface area contributed by atoms with Crippen LogP contribution in [0.2, 0.25) is 0 Å². The van der Waals surface area contributed by atoms with E-state index in [1.54, 1.807) is 12.1 Å². The second-order valence-corrected chi connectivity index (χ2v) is 7.21. The minimum absolute atomic E-state index is 0.116. The molecule has 2 rings (SSSR count). The molecule has 0 aromatic heterocycles. The molecule has 24 heavy (non-hydrogen) atoms. The fraction of sp³-hybridized carbons (Fsp3) is 0.222. The molecule has 128 valence electrons. The van der Waals surface area contributed by atoms with E-state index in [0.717, 1.165) is 22.4 Å². The van der Waals surface area contributed by atoms with Crippen LogP contribution in [0, 0.1) is 0 Å². The number of benzene rings is 2. The maximum atomic E-state index is 11.2. The SMILES string of the molecule is C=C(C)COc1ccccc1CNCc1ccc(S(N)(=O)=O)cc1. The van der Waals surface area contributed by atoms with Gasteiger partial charge in [0.1, 0.15) is 12.4 Å². The van der Waals surface area contributed by atoms with Gasteiger partial charge in [-0.25, -0.2) is 13.6 Å². The molecule has 0 heterocycles. The van der Waals surface area contributed by atoms with Gasteiger partial charge in [0.05, 0.1) is 4.90 Å². The number of hydrogen-bond donors (Lipinski definition) is 2. The third kappa shape index (κ3) is 5.49. The van der Waals surface area contributed by atoms with Crippen molar-refractivity contribution < 1.29 is 13.2 Å². The van der Waals surface area contributed by atoms with Crippen molar-refractivity contribution in [3.05, 3.63) is 71.8 Å². The molecule has 0 unspecified atom stereocenters. The average molecular weight is 346 g/mol. The zero-order valence-electron chi connectivity index (χ0n) is 13.7. The zero-order valence-corrected chi connectivity index (χ0v) is 14.5. The number of nitrogens with two attached hydrogens (primary N) is 1. The van der Waals surface area contributed by atoms with Crippen LogP contribution >= 0.6 is 0 Å². The Morgan fingerprint density at radius 1 is 1.12 bits per heavy atom. The normalized spacial score (nSPS) is 11.2. The minimum atomic E-state index is -3.65. The fourth-order valence-corrected chi connectivity index (χ4v) is 2.65. The van der Waals surface area contributed by atoms with E-state index in [1.165, 1.54) is 12.1 Å². The molecule has 5 nitrogen and oxygen atoms in total. The number of rotatable bonds is 8. The summed E-state index contributed by atoms with van der Waals surface area (Å²) in [6.07, 6.45) is 0. The Balaban J connectivity index is 1.93. The van der Waals surface area contributed by atoms with E-state index >= 15 is 0 Å². The lowest BCUT2D eigenvalue weighted by molar-refractivity contribution is 0.347. The van der Waals surface area contributed by atoms with Gasteiger partial charge in [-0.05, 0) is 36.3 Å². The van der Waals surface area contributed by atoms with Gasteiger partial charge >= 0.3 is 0 Å². The van der Waals surface area contributed by atoms with Crippen LogP contribution in [-0.4, -0.2) is 15.0 Å². The van der Waals surface area contributed by atoms with Crippen molar-refractivity contribution in [2.45, 2.75) is 24.9 Å². The lowest BCUT2D eigenvalue weighted by atomic mass is 10.2. The number of para-hydroxylation sites is 1. The number of ether oxygens (including phenoxy) is 1. The number of primary sulfonamides is 1. The molecule has 0 aliphatic carbocycles. The molecule has 6 heteroatoms. The van der Waals surface area contributed by atoms with Crippen molar-refractivity contribution in [2.75, 3.05) is 6.61 Å². The van der Waals surface area contributed by atoms with Gasteiger partial charge in [-0.1, -0.05) is 36.9 Å². The summed E-state index contributed by atoms with van der Waals surface area (Å²) in [6, 6.07) is 14.3. The third-order valence-corrected chi connectivity index (χ3v) is 4.27. The summed E-state index contributed by atoms with van der Waals surface area (Å²) in [7, 11) is -3.65. The highest BCUT2D eigenvalue weighted by Gasteiger charge is 2.07. The van der Waals surface area contributed by atoms with Crippen molar-refractivity contribution in [1.82, 2.24) is 5.32 Å². The summed E-state index contributed by atoms with van der Waals surface area (Å²) >= 11 is 0. The van der Waals surface area contributed by atoms with Crippen molar-refractivity contribution in [1.29, 1.82) is 0 Å². The van der Waals surface area contributed by atoms with E-state index in [-0.39, 0.29) is 4.90 Å². The van der Waals surface area contributed by atoms with Gasteiger partial charge in [0.15, 0.2) is 0 Å². The van der Waals surface area contributed by atoms with Crippen LogP contribution in [-0.2, 0) is 23.1 Å². The molecule has 0 aliphatic heterocycles. The highest BCUT2D eigenvalue weighted by atomic mass is 32.2. The predicted molar refractivity (Wildman–Crippen MR) is 95.1 cm³/mol. The summed E-state index contributed by atoms with van der Waals surface area (Å²) in [5.74, 6) is 0.831. The second kappa shape index (κ2) is 8.10. The first-order valence-corrected chi connectivity index (χ1v) is 9.08. The first-order chi connectivity index (χ1) is 11.4. The first kappa shape index (κ1) is 18.2. The molecule has 0 radical (unpaired) electrons. The standard InChI is InChI=1S/C18H22N2O3S/c1-14(2)13-23-18-6-4-3-5-16(18)12-20-11-15-7-9-17(10-8-15)24(19,21)22/h3-10,20H,1,11-13H2,2H3,(H2,19,21,22). The average Bonchev–Trinajstić information content (AvgIpc) is 2.53. The molecule has 0 saturated heterocycles. The molecular weight excluding hydrogens is 324 g/mol. The zero-order chi connectivity index (χ0) is 17.6. The van der Waals surface area contributed by atoms with Crippen molar-refractivity contribution in [2.24, 2.45) is 5.14 Å². The van der Waals surface area contributed by atoms with Crippen LogP contribution in [0.1, 0.15) is 18.1 Å². The number of hydrogen-bond acceptors (Lipinski definition) is 4. The second-order valence-electron chi connectivity index (χ2n) is 5.65. The molecule has 2 aromatic rings. The summed E-state index contributed by atoms with van der Waals surface area (Å²) < 4.78 is 28.2. The van der Waals surface area contributed by atoms with Gasteiger partial charge in [0.2, 0.25) is 10.0 Å². The number of sulfonamides is 1.